The summed E-state index contributed by atoms with van der Waals surface area (Å²) in [5.41, 5.74) is -0.0829. The Morgan fingerprint density at radius 3 is 2.70 bits per heavy atom. The molecule has 0 spiro atoms. The lowest BCUT2D eigenvalue weighted by molar-refractivity contribution is -0.137. The van der Waals surface area contributed by atoms with Gasteiger partial charge in [-0.25, -0.2) is 0 Å². The first-order chi connectivity index (χ1) is 12.8. The fourth-order valence-corrected chi connectivity index (χ4v) is 5.37. The molecule has 2 aliphatic heterocycles. The molecule has 2 heterocycles. The Labute approximate surface area is 169 Å². The highest BCUT2D eigenvalue weighted by molar-refractivity contribution is 7.99. The van der Waals surface area contributed by atoms with E-state index in [1.54, 1.807) is 0 Å². The molecule has 2 N–H and O–H groups in total. The minimum absolute atomic E-state index is 0.0829. The maximum atomic E-state index is 10.7. The molecule has 0 saturated carbocycles. The normalized spacial score (nSPS) is 28.9. The Bertz CT molecular complexity index is 491. The molecule has 5 heteroatoms. The Morgan fingerprint density at radius 1 is 1.26 bits per heavy atom. The lowest BCUT2D eigenvalue weighted by Crippen LogP contribution is -2.29. The van der Waals surface area contributed by atoms with Gasteiger partial charge in [0, 0.05) is 12.3 Å². The number of fused-ring (bicyclic) bond motifs is 2. The zero-order chi connectivity index (χ0) is 19.9. The first kappa shape index (κ1) is 22.8. The molecule has 0 aliphatic carbocycles. The number of hydrogen-bond acceptors (Lipinski definition) is 4. The van der Waals surface area contributed by atoms with Crippen LogP contribution < -0.4 is 0 Å². The highest BCUT2D eigenvalue weighted by atomic mass is 32.2. The molecule has 0 aromatic carbocycles. The quantitative estimate of drug-likeness (QED) is 0.341. The number of carboxylic acids is 1. The lowest BCUT2D eigenvalue weighted by atomic mass is 9.76. The summed E-state index contributed by atoms with van der Waals surface area (Å²) in [5, 5.41) is 19.4. The van der Waals surface area contributed by atoms with E-state index < -0.39 is 12.1 Å². The molecule has 2 bridgehead atoms. The Hall–Kier alpha value is -0.520. The fourth-order valence-electron chi connectivity index (χ4n) is 4.38. The first-order valence-corrected chi connectivity index (χ1v) is 11.8. The van der Waals surface area contributed by atoms with Crippen molar-refractivity contribution in [2.75, 3.05) is 11.5 Å². The van der Waals surface area contributed by atoms with E-state index in [1.807, 2.05) is 17.8 Å². The number of carboxylic acid groups (broad SMARTS) is 1. The Balaban J connectivity index is 1.82. The summed E-state index contributed by atoms with van der Waals surface area (Å²) in [6.07, 6.45) is 12.3. The maximum absolute atomic E-state index is 10.7. The first-order valence-electron chi connectivity index (χ1n) is 10.7. The summed E-state index contributed by atoms with van der Waals surface area (Å²) >= 11 is 1.86. The summed E-state index contributed by atoms with van der Waals surface area (Å²) in [6.45, 7) is 6.50. The van der Waals surface area contributed by atoms with Gasteiger partial charge in [0.15, 0.2) is 0 Å². The van der Waals surface area contributed by atoms with E-state index in [1.165, 1.54) is 0 Å². The summed E-state index contributed by atoms with van der Waals surface area (Å²) in [5.74, 6) is 2.23. The molecule has 2 fully saturated rings. The predicted molar refractivity (Wildman–Crippen MR) is 112 cm³/mol. The molecule has 0 radical (unpaired) electrons. The SMILES string of the molecule is CCCCC(C)(C)C(O)C=C[C@H]1[C@@H](CCSCCCC(=O)O)[C@H]2CC[C@@H]1O2. The number of aliphatic hydroxyl groups excluding tert-OH is 1. The van der Waals surface area contributed by atoms with Crippen LogP contribution in [0.1, 0.15) is 72.1 Å². The van der Waals surface area contributed by atoms with Gasteiger partial charge in [-0.2, -0.15) is 11.8 Å². The number of thioether (sulfide) groups is 1. The van der Waals surface area contributed by atoms with Crippen molar-refractivity contribution in [2.24, 2.45) is 17.3 Å². The van der Waals surface area contributed by atoms with Gasteiger partial charge >= 0.3 is 5.97 Å². The summed E-state index contributed by atoms with van der Waals surface area (Å²) in [7, 11) is 0. The van der Waals surface area contributed by atoms with Gasteiger partial charge in [-0.3, -0.25) is 4.79 Å². The number of carbonyl (C=O) groups is 1. The van der Waals surface area contributed by atoms with Crippen LogP contribution in [0.4, 0.5) is 0 Å². The van der Waals surface area contributed by atoms with Gasteiger partial charge in [0.25, 0.3) is 0 Å². The molecule has 0 aromatic rings. The average molecular weight is 399 g/mol. The zero-order valence-corrected chi connectivity index (χ0v) is 18.0. The summed E-state index contributed by atoms with van der Waals surface area (Å²) in [4.78, 5) is 10.6. The molecule has 0 aromatic heterocycles. The second-order valence-electron chi connectivity index (χ2n) is 8.85. The Kier molecular flexibility index (Phi) is 9.17. The molecular formula is C22H38O4S. The van der Waals surface area contributed by atoms with E-state index in [-0.39, 0.29) is 11.8 Å². The van der Waals surface area contributed by atoms with Crippen LogP contribution in [0.3, 0.4) is 0 Å². The molecule has 1 unspecified atom stereocenters. The number of ether oxygens (including phenoxy) is 1. The van der Waals surface area contributed by atoms with Gasteiger partial charge in [0.05, 0.1) is 18.3 Å². The van der Waals surface area contributed by atoms with Crippen molar-refractivity contribution in [2.45, 2.75) is 90.4 Å². The van der Waals surface area contributed by atoms with Crippen LogP contribution in [-0.4, -0.2) is 46.0 Å². The van der Waals surface area contributed by atoms with Gasteiger partial charge in [-0.05, 0) is 54.9 Å². The van der Waals surface area contributed by atoms with Crippen molar-refractivity contribution in [3.63, 3.8) is 0 Å². The van der Waals surface area contributed by atoms with Crippen molar-refractivity contribution in [1.29, 1.82) is 0 Å². The van der Waals surface area contributed by atoms with Crippen LogP contribution in [0.25, 0.3) is 0 Å². The second-order valence-corrected chi connectivity index (χ2v) is 10.1. The van der Waals surface area contributed by atoms with Crippen LogP contribution in [0.15, 0.2) is 12.2 Å². The van der Waals surface area contributed by atoms with E-state index >= 15 is 0 Å². The highest BCUT2D eigenvalue weighted by Crippen LogP contribution is 2.46. The third kappa shape index (κ3) is 6.79. The number of aliphatic carboxylic acids is 1. The molecule has 2 rings (SSSR count). The number of hydrogen-bond donors (Lipinski definition) is 2. The third-order valence-corrected chi connectivity index (χ3v) is 7.35. The van der Waals surface area contributed by atoms with E-state index in [4.69, 9.17) is 9.84 Å². The van der Waals surface area contributed by atoms with Crippen molar-refractivity contribution in [3.05, 3.63) is 12.2 Å². The summed E-state index contributed by atoms with van der Waals surface area (Å²) in [6, 6.07) is 0. The van der Waals surface area contributed by atoms with Gasteiger partial charge in [-0.15, -0.1) is 0 Å². The Morgan fingerprint density at radius 2 is 2.00 bits per heavy atom. The molecule has 5 atom stereocenters. The van der Waals surface area contributed by atoms with Crippen molar-refractivity contribution < 1.29 is 19.7 Å². The molecule has 2 saturated heterocycles. The monoisotopic (exact) mass is 398 g/mol. The standard InChI is InChI=1S/C22H38O4S/c1-4-5-13-22(2,3)20(23)11-8-16-17(19-10-9-18(16)26-19)12-15-27-14-6-7-21(24)25/h8,11,16-20,23H,4-7,9-10,12-15H2,1-3H3,(H,24,25)/t16-,17+,18-,19+,20?/m0/s1. The third-order valence-electron chi connectivity index (χ3n) is 6.25. The van der Waals surface area contributed by atoms with Gasteiger partial charge in [0.2, 0.25) is 0 Å². The zero-order valence-electron chi connectivity index (χ0n) is 17.2. The van der Waals surface area contributed by atoms with Crippen molar-refractivity contribution in [1.82, 2.24) is 0 Å². The van der Waals surface area contributed by atoms with E-state index in [0.717, 1.165) is 56.5 Å². The van der Waals surface area contributed by atoms with Crippen LogP contribution in [0.2, 0.25) is 0 Å². The lowest BCUT2D eigenvalue weighted by Gasteiger charge is -2.30. The number of aliphatic hydroxyl groups is 1. The van der Waals surface area contributed by atoms with E-state index in [0.29, 0.717) is 24.0 Å². The van der Waals surface area contributed by atoms with Crippen LogP contribution in [0.5, 0.6) is 0 Å². The highest BCUT2D eigenvalue weighted by Gasteiger charge is 2.47. The molecular weight excluding hydrogens is 360 g/mol. The number of unbranched alkanes of at least 4 members (excludes halogenated alkanes) is 1. The van der Waals surface area contributed by atoms with E-state index in [9.17, 15) is 9.90 Å². The van der Waals surface area contributed by atoms with Crippen LogP contribution >= 0.6 is 11.8 Å². The fraction of sp³-hybridized carbons (Fsp3) is 0.864. The largest absolute Gasteiger partial charge is 0.481 e. The smallest absolute Gasteiger partial charge is 0.303 e. The molecule has 156 valence electrons. The minimum atomic E-state index is -0.706. The number of rotatable bonds is 13. The second kappa shape index (κ2) is 10.9. The van der Waals surface area contributed by atoms with Crippen LogP contribution in [-0.2, 0) is 9.53 Å². The molecule has 2 aliphatic rings. The van der Waals surface area contributed by atoms with Crippen molar-refractivity contribution in [3.8, 4) is 0 Å². The van der Waals surface area contributed by atoms with Crippen LogP contribution in [0, 0.1) is 17.3 Å². The molecule has 0 amide bonds. The average Bonchev–Trinajstić information content (AvgIpc) is 3.22. The predicted octanol–water partition coefficient (Wildman–Crippen LogP) is 4.90. The van der Waals surface area contributed by atoms with Gasteiger partial charge in [0.1, 0.15) is 0 Å². The van der Waals surface area contributed by atoms with Crippen molar-refractivity contribution >= 4 is 17.7 Å². The topological polar surface area (TPSA) is 66.8 Å². The van der Waals surface area contributed by atoms with E-state index in [2.05, 4.69) is 26.8 Å². The molecule has 27 heavy (non-hydrogen) atoms. The van der Waals surface area contributed by atoms with Gasteiger partial charge in [-0.1, -0.05) is 45.8 Å². The summed E-state index contributed by atoms with van der Waals surface area (Å²) < 4.78 is 6.17. The molecule has 4 nitrogen and oxygen atoms in total. The maximum Gasteiger partial charge on any atom is 0.303 e. The minimum Gasteiger partial charge on any atom is -0.481 e. The van der Waals surface area contributed by atoms with Gasteiger partial charge < -0.3 is 14.9 Å².